The molecule has 0 fully saturated rings. The molecule has 0 saturated heterocycles. The van der Waals surface area contributed by atoms with Gasteiger partial charge in [0.2, 0.25) is 11.5 Å². The molecule has 0 saturated carbocycles. The standard InChI is InChI=1S/C27H31NO8S.C2H6/c1-30-20-12-16(13-21(31-2)26(20)35-6)8-9-17-10-11-19(29)25(34-5)24(17)28-37-18-14-22(32-3)27(36-7)23(15-18)33-4;1-2/h8-15,28-29H,1-7H3;1-2H3/b9-8-;. The predicted molar refractivity (Wildman–Crippen MR) is 157 cm³/mol. The summed E-state index contributed by atoms with van der Waals surface area (Å²) in [6.07, 6.45) is 3.78. The minimum atomic E-state index is 0.000396. The van der Waals surface area contributed by atoms with E-state index in [4.69, 9.17) is 33.2 Å². The highest BCUT2D eigenvalue weighted by Gasteiger charge is 2.17. The van der Waals surface area contributed by atoms with Gasteiger partial charge in [-0.05, 0) is 53.9 Å². The summed E-state index contributed by atoms with van der Waals surface area (Å²) in [5.74, 6) is 3.44. The van der Waals surface area contributed by atoms with Crippen molar-refractivity contribution < 1.29 is 38.3 Å². The fourth-order valence-electron chi connectivity index (χ4n) is 3.65. The van der Waals surface area contributed by atoms with E-state index < -0.39 is 0 Å². The average molecular weight is 560 g/mol. The molecule has 212 valence electrons. The first kappa shape index (κ1) is 31.2. The summed E-state index contributed by atoms with van der Waals surface area (Å²) in [7, 11) is 10.9. The van der Waals surface area contributed by atoms with Gasteiger partial charge < -0.3 is 43.0 Å². The smallest absolute Gasteiger partial charge is 0.203 e. The average Bonchev–Trinajstić information content (AvgIpc) is 2.98. The minimum Gasteiger partial charge on any atom is -0.504 e. The highest BCUT2D eigenvalue weighted by atomic mass is 32.2. The quantitative estimate of drug-likeness (QED) is 0.183. The van der Waals surface area contributed by atoms with Crippen molar-refractivity contribution in [3.05, 3.63) is 47.5 Å². The SMILES string of the molecule is CC.COc1cc(/C=C\c2ccc(O)c(OC)c2NSc2cc(OC)c(OC)c(OC)c2)cc(OC)c1OC. The maximum Gasteiger partial charge on any atom is 0.203 e. The second kappa shape index (κ2) is 15.4. The van der Waals surface area contributed by atoms with Gasteiger partial charge in [0.05, 0.1) is 55.5 Å². The zero-order valence-corrected chi connectivity index (χ0v) is 24.6. The minimum absolute atomic E-state index is 0.000396. The molecule has 0 aromatic heterocycles. The lowest BCUT2D eigenvalue weighted by Crippen LogP contribution is -1.98. The highest BCUT2D eigenvalue weighted by molar-refractivity contribution is 8.00. The highest BCUT2D eigenvalue weighted by Crippen LogP contribution is 2.44. The molecule has 3 aromatic rings. The summed E-state index contributed by atoms with van der Waals surface area (Å²) in [6, 6.07) is 10.7. The van der Waals surface area contributed by atoms with Crippen LogP contribution in [0.5, 0.6) is 46.0 Å². The lowest BCUT2D eigenvalue weighted by molar-refractivity contribution is 0.323. The van der Waals surface area contributed by atoms with Crippen molar-refractivity contribution in [1.29, 1.82) is 0 Å². The second-order valence-corrected chi connectivity index (χ2v) is 8.32. The zero-order valence-electron chi connectivity index (χ0n) is 23.8. The van der Waals surface area contributed by atoms with Crippen LogP contribution < -0.4 is 37.9 Å². The van der Waals surface area contributed by atoms with Crippen LogP contribution in [0.15, 0.2) is 41.3 Å². The summed E-state index contributed by atoms with van der Waals surface area (Å²) < 4.78 is 41.4. The first-order chi connectivity index (χ1) is 18.9. The van der Waals surface area contributed by atoms with E-state index in [-0.39, 0.29) is 5.75 Å². The van der Waals surface area contributed by atoms with Crippen molar-refractivity contribution in [2.45, 2.75) is 18.7 Å². The number of phenols is 1. The van der Waals surface area contributed by atoms with Crippen molar-refractivity contribution in [3.63, 3.8) is 0 Å². The van der Waals surface area contributed by atoms with Crippen molar-refractivity contribution in [1.82, 2.24) is 0 Å². The maximum atomic E-state index is 10.4. The molecule has 0 atom stereocenters. The molecule has 10 heteroatoms. The molecule has 0 aliphatic heterocycles. The van der Waals surface area contributed by atoms with Crippen molar-refractivity contribution >= 4 is 29.8 Å². The Morgan fingerprint density at radius 1 is 0.615 bits per heavy atom. The first-order valence-electron chi connectivity index (χ1n) is 12.0. The number of anilines is 1. The van der Waals surface area contributed by atoms with E-state index in [1.807, 2.05) is 50.3 Å². The molecule has 0 heterocycles. The zero-order chi connectivity index (χ0) is 28.9. The number of rotatable bonds is 12. The second-order valence-electron chi connectivity index (χ2n) is 7.44. The lowest BCUT2D eigenvalue weighted by atomic mass is 10.1. The van der Waals surface area contributed by atoms with Gasteiger partial charge in [0.1, 0.15) is 0 Å². The topological polar surface area (TPSA) is 96.9 Å². The molecule has 0 aliphatic rings. The number of phenolic OH excluding ortho intramolecular Hbond substituents is 1. The predicted octanol–water partition coefficient (Wildman–Crippen LogP) is 6.77. The molecular formula is C29H37NO8S. The Morgan fingerprint density at radius 2 is 1.08 bits per heavy atom. The third-order valence-corrected chi connectivity index (χ3v) is 6.20. The largest absolute Gasteiger partial charge is 0.504 e. The van der Waals surface area contributed by atoms with E-state index in [0.29, 0.717) is 45.9 Å². The summed E-state index contributed by atoms with van der Waals surface area (Å²) in [5.41, 5.74) is 2.16. The monoisotopic (exact) mass is 559 g/mol. The number of benzene rings is 3. The molecule has 0 radical (unpaired) electrons. The Balaban J connectivity index is 0.00000260. The van der Waals surface area contributed by atoms with Crippen LogP contribution >= 0.6 is 11.9 Å². The third kappa shape index (κ3) is 7.29. The molecule has 3 aromatic carbocycles. The molecule has 0 unspecified atom stereocenters. The number of nitrogens with one attached hydrogen (secondary N) is 1. The van der Waals surface area contributed by atoms with E-state index in [0.717, 1.165) is 16.0 Å². The number of hydrogen-bond acceptors (Lipinski definition) is 10. The fourth-order valence-corrected chi connectivity index (χ4v) is 4.41. The fraction of sp³-hybridized carbons (Fsp3) is 0.310. The van der Waals surface area contributed by atoms with Gasteiger partial charge in [-0.3, -0.25) is 0 Å². The van der Waals surface area contributed by atoms with Crippen molar-refractivity contribution in [3.8, 4) is 46.0 Å². The normalized spacial score (nSPS) is 10.3. The summed E-state index contributed by atoms with van der Waals surface area (Å²) in [6.45, 7) is 4.00. The third-order valence-electron chi connectivity index (χ3n) is 5.42. The van der Waals surface area contributed by atoms with Crippen molar-refractivity contribution in [2.24, 2.45) is 0 Å². The maximum absolute atomic E-state index is 10.4. The Bertz CT molecular complexity index is 1210. The van der Waals surface area contributed by atoms with Gasteiger partial charge in [-0.15, -0.1) is 0 Å². The van der Waals surface area contributed by atoms with Gasteiger partial charge >= 0.3 is 0 Å². The Hall–Kier alpha value is -4.05. The molecule has 0 bridgehead atoms. The summed E-state index contributed by atoms with van der Waals surface area (Å²) in [4.78, 5) is 0.791. The van der Waals surface area contributed by atoms with E-state index in [9.17, 15) is 5.11 Å². The molecular weight excluding hydrogens is 522 g/mol. The molecule has 9 nitrogen and oxygen atoms in total. The number of hydrogen-bond donors (Lipinski definition) is 2. The van der Waals surface area contributed by atoms with E-state index in [1.54, 1.807) is 54.8 Å². The van der Waals surface area contributed by atoms with Gasteiger partial charge in [0.25, 0.3) is 0 Å². The Morgan fingerprint density at radius 3 is 1.51 bits per heavy atom. The number of methoxy groups -OCH3 is 7. The molecule has 39 heavy (non-hydrogen) atoms. The molecule has 0 spiro atoms. The van der Waals surface area contributed by atoms with Crippen molar-refractivity contribution in [2.75, 3.05) is 54.5 Å². The number of aromatic hydroxyl groups is 1. The number of ether oxygens (including phenoxy) is 7. The van der Waals surface area contributed by atoms with Gasteiger partial charge in [-0.25, -0.2) is 0 Å². The van der Waals surface area contributed by atoms with Crippen LogP contribution in [0.4, 0.5) is 5.69 Å². The van der Waals surface area contributed by atoms with E-state index >= 15 is 0 Å². The van der Waals surface area contributed by atoms with Crippen LogP contribution in [0.2, 0.25) is 0 Å². The molecule has 3 rings (SSSR count). The van der Waals surface area contributed by atoms with Crippen LogP contribution in [0.3, 0.4) is 0 Å². The van der Waals surface area contributed by atoms with E-state index in [1.165, 1.54) is 19.1 Å². The Kier molecular flexibility index (Phi) is 12.3. The Labute approximate surface area is 234 Å². The molecule has 0 aliphatic carbocycles. The molecule has 0 amide bonds. The first-order valence-corrected chi connectivity index (χ1v) is 12.9. The van der Waals surface area contributed by atoms with E-state index in [2.05, 4.69) is 4.72 Å². The molecule has 2 N–H and O–H groups in total. The van der Waals surface area contributed by atoms with Crippen LogP contribution in [-0.4, -0.2) is 54.9 Å². The van der Waals surface area contributed by atoms with Crippen LogP contribution in [0, 0.1) is 0 Å². The lowest BCUT2D eigenvalue weighted by Gasteiger charge is -2.17. The van der Waals surface area contributed by atoms with Gasteiger partial charge in [-0.1, -0.05) is 26.0 Å². The van der Waals surface area contributed by atoms with Gasteiger partial charge in [0.15, 0.2) is 34.5 Å². The van der Waals surface area contributed by atoms with Crippen LogP contribution in [0.1, 0.15) is 25.0 Å². The van der Waals surface area contributed by atoms with Crippen LogP contribution in [0.25, 0.3) is 12.2 Å². The summed E-state index contributed by atoms with van der Waals surface area (Å²) in [5, 5.41) is 10.4. The summed E-state index contributed by atoms with van der Waals surface area (Å²) >= 11 is 1.30. The van der Waals surface area contributed by atoms with Gasteiger partial charge in [-0.2, -0.15) is 0 Å². The van der Waals surface area contributed by atoms with Crippen LogP contribution in [-0.2, 0) is 0 Å². The van der Waals surface area contributed by atoms with Gasteiger partial charge in [0, 0.05) is 10.5 Å².